The van der Waals surface area contributed by atoms with Crippen LogP contribution in [-0.4, -0.2) is 44.0 Å². The van der Waals surface area contributed by atoms with Gasteiger partial charge in [0.05, 0.1) is 35.1 Å². The first-order valence-corrected chi connectivity index (χ1v) is 25.9. The summed E-state index contributed by atoms with van der Waals surface area (Å²) < 4.78 is 233. The molecule has 1 N–H and O–H groups in total. The van der Waals surface area contributed by atoms with Gasteiger partial charge in [0.1, 0.15) is 45.1 Å². The van der Waals surface area contributed by atoms with E-state index in [1.807, 2.05) is 12.1 Å². The fourth-order valence-electron chi connectivity index (χ4n) is 7.48. The van der Waals surface area contributed by atoms with E-state index in [2.05, 4.69) is 0 Å². The van der Waals surface area contributed by atoms with Gasteiger partial charge in [-0.1, -0.05) is 48.5 Å². The lowest BCUT2D eigenvalue weighted by molar-refractivity contribution is 0.366. The summed E-state index contributed by atoms with van der Waals surface area (Å²) >= 11 is 0. The highest BCUT2D eigenvalue weighted by Gasteiger charge is 2.35. The third-order valence-electron chi connectivity index (χ3n) is 11.3. The monoisotopic (exact) mass is 1100 g/mol. The Kier molecular flexibility index (Phi) is 14.8. The first kappa shape index (κ1) is 53.5. The summed E-state index contributed by atoms with van der Waals surface area (Å²) in [5.41, 5.74) is -3.10. The van der Waals surface area contributed by atoms with Crippen LogP contribution in [0.15, 0.2) is 148 Å². The van der Waals surface area contributed by atoms with E-state index in [-0.39, 0.29) is 28.6 Å². The number of halogens is 8. The molecule has 0 unspecified atom stereocenters. The highest BCUT2D eigenvalue weighted by atomic mass is 32.2. The van der Waals surface area contributed by atoms with Crippen LogP contribution >= 0.6 is 0 Å². The Balaban J connectivity index is 1.01. The van der Waals surface area contributed by atoms with Gasteiger partial charge in [-0.3, -0.25) is 8.74 Å². The lowest BCUT2D eigenvalue weighted by Crippen LogP contribution is -2.09. The van der Waals surface area contributed by atoms with Crippen molar-refractivity contribution in [3.8, 4) is 73.6 Å². The van der Waals surface area contributed by atoms with E-state index in [4.69, 9.17) is 23.1 Å². The summed E-state index contributed by atoms with van der Waals surface area (Å²) in [6.07, 6.45) is 0. The van der Waals surface area contributed by atoms with Crippen LogP contribution in [0, 0.1) is 53.5 Å². The second-order valence-corrected chi connectivity index (χ2v) is 21.1. The number of methoxy groups -OCH3 is 1. The molecule has 12 nitrogen and oxygen atoms in total. The molecule has 0 aromatic heterocycles. The van der Waals surface area contributed by atoms with E-state index in [0.717, 1.165) is 66.8 Å². The zero-order chi connectivity index (χ0) is 54.3. The Bertz CT molecular complexity index is 3820. The first-order chi connectivity index (χ1) is 35.4. The third-order valence-corrected chi connectivity index (χ3v) is 15.1. The molecule has 75 heavy (non-hydrogen) atoms. The summed E-state index contributed by atoms with van der Waals surface area (Å²) in [6, 6.07) is 30.5. The van der Waals surface area contributed by atoms with Crippen LogP contribution in [0.4, 0.5) is 35.1 Å². The Labute approximate surface area is 422 Å². The van der Waals surface area contributed by atoms with Crippen molar-refractivity contribution in [1.82, 2.24) is 0 Å². The van der Waals surface area contributed by atoms with Crippen molar-refractivity contribution in [1.29, 1.82) is 0 Å². The van der Waals surface area contributed by atoms with E-state index in [1.165, 1.54) is 43.5 Å². The molecule has 0 spiro atoms. The third kappa shape index (κ3) is 10.9. The van der Waals surface area contributed by atoms with Crippen molar-refractivity contribution in [2.45, 2.75) is 27.4 Å². The molecule has 0 saturated carbocycles. The van der Waals surface area contributed by atoms with Gasteiger partial charge in [0.25, 0.3) is 20.2 Å². The topological polar surface area (TPSA) is 169 Å². The molecule has 0 aliphatic carbocycles. The molecule has 0 aliphatic rings. The molecular formula is C52H34F8O12S3. The Morgan fingerprint density at radius 2 is 0.813 bits per heavy atom. The van der Waals surface area contributed by atoms with Gasteiger partial charge in [-0.05, 0) is 114 Å². The van der Waals surface area contributed by atoms with Crippen LogP contribution < -0.4 is 18.9 Å². The largest absolute Gasteiger partial charge is 0.497 e. The second kappa shape index (κ2) is 20.8. The van der Waals surface area contributed by atoms with Gasteiger partial charge >= 0.3 is 0 Å². The van der Waals surface area contributed by atoms with E-state index in [9.17, 15) is 47.4 Å². The zero-order valence-corrected chi connectivity index (χ0v) is 41.0. The molecule has 8 aromatic rings. The van der Waals surface area contributed by atoms with Crippen LogP contribution in [0.3, 0.4) is 0 Å². The van der Waals surface area contributed by atoms with Gasteiger partial charge in [-0.25, -0.2) is 34.8 Å². The maximum Gasteiger partial charge on any atom is 0.300 e. The number of rotatable bonds is 16. The molecular weight excluding hydrogens is 1060 g/mol. The SMILES string of the molecule is COc1ccc(-c2ccc(Oc3ccc(S(=O)(=O)c4ccc(Oc5ccc(-c6ccc(Oc7c(F)c(F)c(-c8c(F)c(F)c(C)c(F)c8F)c(F)c7F)cc6)cc5)c(CS(=O)(=O)O)c4)cc3S(=O)(=O)OC)cc2)cc1. The fourth-order valence-corrected chi connectivity index (χ4v) is 10.3. The van der Waals surface area contributed by atoms with Crippen LogP contribution in [-0.2, 0) is 40.0 Å². The number of sulfone groups is 1. The predicted molar refractivity (Wildman–Crippen MR) is 255 cm³/mol. The van der Waals surface area contributed by atoms with Crippen LogP contribution in [0.1, 0.15) is 11.1 Å². The number of hydrogen-bond acceptors (Lipinski definition) is 11. The minimum absolute atomic E-state index is 0.0561. The van der Waals surface area contributed by atoms with Crippen molar-refractivity contribution >= 4 is 30.1 Å². The molecule has 388 valence electrons. The lowest BCUT2D eigenvalue weighted by Gasteiger charge is -2.15. The van der Waals surface area contributed by atoms with Crippen LogP contribution in [0.25, 0.3) is 33.4 Å². The van der Waals surface area contributed by atoms with Crippen molar-refractivity contribution < 1.29 is 88.1 Å². The molecule has 0 amide bonds. The predicted octanol–water partition coefficient (Wildman–Crippen LogP) is 13.1. The summed E-state index contributed by atoms with van der Waals surface area (Å²) in [6.45, 7) is 0.626. The Morgan fingerprint density at radius 1 is 0.440 bits per heavy atom. The number of hydrogen-bond donors (Lipinski definition) is 1. The fraction of sp³-hybridized carbons (Fsp3) is 0.0769. The zero-order valence-electron chi connectivity index (χ0n) is 38.6. The smallest absolute Gasteiger partial charge is 0.300 e. The molecule has 0 heterocycles. The minimum atomic E-state index is -4.84. The summed E-state index contributed by atoms with van der Waals surface area (Å²) in [5.74, 6) is -20.9. The Hall–Kier alpha value is -7.83. The van der Waals surface area contributed by atoms with Gasteiger partial charge in [0.15, 0.2) is 34.9 Å². The summed E-state index contributed by atoms with van der Waals surface area (Å²) in [5, 5.41) is 0. The van der Waals surface area contributed by atoms with Crippen molar-refractivity contribution in [2.24, 2.45) is 0 Å². The average Bonchev–Trinajstić information content (AvgIpc) is 3.41. The molecule has 8 aromatic carbocycles. The van der Waals surface area contributed by atoms with E-state index in [0.29, 0.717) is 23.8 Å². The van der Waals surface area contributed by atoms with Crippen LogP contribution in [0.2, 0.25) is 0 Å². The van der Waals surface area contributed by atoms with Crippen molar-refractivity contribution in [2.75, 3.05) is 14.2 Å². The van der Waals surface area contributed by atoms with Crippen molar-refractivity contribution in [3.05, 3.63) is 191 Å². The van der Waals surface area contributed by atoms with E-state index < -0.39 is 125 Å². The molecule has 0 aliphatic heterocycles. The minimum Gasteiger partial charge on any atom is -0.497 e. The van der Waals surface area contributed by atoms with Crippen molar-refractivity contribution in [3.63, 3.8) is 0 Å². The summed E-state index contributed by atoms with van der Waals surface area (Å²) in [7, 11) is -11.7. The van der Waals surface area contributed by atoms with Gasteiger partial charge in [0.2, 0.25) is 27.2 Å². The summed E-state index contributed by atoms with van der Waals surface area (Å²) in [4.78, 5) is -1.75. The normalized spacial score (nSPS) is 11.9. The highest BCUT2D eigenvalue weighted by Crippen LogP contribution is 2.42. The van der Waals surface area contributed by atoms with Gasteiger partial charge < -0.3 is 18.9 Å². The molecule has 0 saturated heterocycles. The van der Waals surface area contributed by atoms with Crippen LogP contribution in [0.5, 0.6) is 40.2 Å². The molecule has 0 fully saturated rings. The van der Waals surface area contributed by atoms with Gasteiger partial charge in [0, 0.05) is 11.1 Å². The average molecular weight is 1100 g/mol. The molecule has 0 bridgehead atoms. The molecule has 8 rings (SSSR count). The molecule has 0 radical (unpaired) electrons. The molecule has 23 heteroatoms. The quantitative estimate of drug-likeness (QED) is 0.0421. The first-order valence-electron chi connectivity index (χ1n) is 21.4. The molecule has 0 atom stereocenters. The maximum absolute atomic E-state index is 15.1. The maximum atomic E-state index is 15.1. The van der Waals surface area contributed by atoms with E-state index in [1.54, 1.807) is 36.4 Å². The van der Waals surface area contributed by atoms with Gasteiger partial charge in [-0.2, -0.15) is 25.6 Å². The highest BCUT2D eigenvalue weighted by molar-refractivity contribution is 7.91. The number of benzene rings is 8. The number of ether oxygens (including phenoxy) is 4. The van der Waals surface area contributed by atoms with Gasteiger partial charge in [-0.15, -0.1) is 0 Å². The standard InChI is InChI=1S/C52H34F8O12S3/c1-27-44(53)46(55)42(47(56)45(27)54)43-48(57)50(59)52(51(60)49(43)58)72-36-18-10-31(11-19-36)30-6-14-34(15-7-30)70-39-22-20-37(24-32(39)26-73(61,62)63)74(64,65)38-21-23-40(41(25-38)75(66,67)69-3)71-35-16-8-29(9-17-35)28-4-12-33(68-2)13-5-28/h4-25H,26H2,1-3H3,(H,61,62,63). The van der Waals surface area contributed by atoms with E-state index >= 15 is 17.6 Å². The second-order valence-electron chi connectivity index (χ2n) is 16.1. The lowest BCUT2D eigenvalue weighted by atomic mass is 9.99. The Morgan fingerprint density at radius 3 is 1.23 bits per heavy atom.